The molecule has 3 N–H and O–H groups in total. The zero-order valence-electron chi connectivity index (χ0n) is 24.4. The quantitative estimate of drug-likeness (QED) is 0.107. The molecule has 256 valence electrons. The molecule has 16 heteroatoms. The van der Waals surface area contributed by atoms with Gasteiger partial charge in [0.15, 0.2) is 0 Å². The molecule has 2 amide bonds. The molecule has 3 rings (SSSR count). The zero-order chi connectivity index (χ0) is 34.8. The number of hydrogen-bond donors (Lipinski definition) is 3. The largest absolute Gasteiger partial charge is 0.494 e. The number of carboxylic acids is 1. The van der Waals surface area contributed by atoms with Crippen LogP contribution in [0.5, 0.6) is 11.5 Å². The number of benzene rings is 3. The lowest BCUT2D eigenvalue weighted by Crippen LogP contribution is -2.53. The number of hydrogen-bond acceptors (Lipinski definition) is 4. The summed E-state index contributed by atoms with van der Waals surface area (Å²) in [5.41, 5.74) is -2.28. The summed E-state index contributed by atoms with van der Waals surface area (Å²) < 4.78 is 131. The van der Waals surface area contributed by atoms with Gasteiger partial charge < -0.3 is 25.2 Å². The Hall–Kier alpha value is -4.63. The number of amides is 2. The highest BCUT2D eigenvalue weighted by atomic mass is 19.4. The van der Waals surface area contributed by atoms with Crippen molar-refractivity contribution in [2.24, 2.45) is 0 Å². The molecule has 1 unspecified atom stereocenters. The van der Waals surface area contributed by atoms with Crippen molar-refractivity contribution in [3.8, 4) is 11.5 Å². The van der Waals surface area contributed by atoms with Crippen LogP contribution in [-0.4, -0.2) is 49.0 Å². The fourth-order valence-electron chi connectivity index (χ4n) is 4.54. The van der Waals surface area contributed by atoms with Crippen LogP contribution >= 0.6 is 0 Å². The molecule has 3 aromatic rings. The van der Waals surface area contributed by atoms with Crippen LogP contribution < -0.4 is 20.1 Å². The molecule has 7 nitrogen and oxygen atoms in total. The average molecular weight is 681 g/mol. The van der Waals surface area contributed by atoms with Gasteiger partial charge in [-0.1, -0.05) is 24.3 Å². The summed E-state index contributed by atoms with van der Waals surface area (Å²) >= 11 is 0. The third kappa shape index (κ3) is 11.3. The summed E-state index contributed by atoms with van der Waals surface area (Å²) in [5, 5.41) is 12.6. The van der Waals surface area contributed by atoms with Crippen LogP contribution in [0.3, 0.4) is 0 Å². The van der Waals surface area contributed by atoms with Gasteiger partial charge in [-0.3, -0.25) is 4.79 Å². The minimum absolute atomic E-state index is 0.0142. The van der Waals surface area contributed by atoms with Crippen LogP contribution in [0.25, 0.3) is 0 Å². The number of carbonyl (C=O) groups is 2. The predicted octanol–water partition coefficient (Wildman–Crippen LogP) is 7.57. The summed E-state index contributed by atoms with van der Waals surface area (Å²) in [6.07, 6.45) is -13.0. The Bertz CT molecular complexity index is 1490. The van der Waals surface area contributed by atoms with Crippen LogP contribution in [0.15, 0.2) is 66.7 Å². The van der Waals surface area contributed by atoms with E-state index in [1.807, 2.05) is 0 Å². The van der Waals surface area contributed by atoms with Gasteiger partial charge in [0.05, 0.1) is 12.1 Å². The summed E-state index contributed by atoms with van der Waals surface area (Å²) in [4.78, 5) is 23.5. The molecular formula is C31H29F9N2O5. The Morgan fingerprint density at radius 1 is 0.787 bits per heavy atom. The maximum absolute atomic E-state index is 14.9. The van der Waals surface area contributed by atoms with E-state index in [1.165, 1.54) is 24.3 Å². The summed E-state index contributed by atoms with van der Waals surface area (Å²) in [7, 11) is 0. The third-order valence-electron chi connectivity index (χ3n) is 6.68. The van der Waals surface area contributed by atoms with E-state index in [-0.39, 0.29) is 18.6 Å². The molecule has 0 heterocycles. The molecule has 3 aromatic carbocycles. The lowest BCUT2D eigenvalue weighted by atomic mass is 9.77. The van der Waals surface area contributed by atoms with Crippen molar-refractivity contribution in [3.63, 3.8) is 0 Å². The number of urea groups is 1. The minimum Gasteiger partial charge on any atom is -0.494 e. The first-order chi connectivity index (χ1) is 22.0. The van der Waals surface area contributed by atoms with Gasteiger partial charge in [0, 0.05) is 18.9 Å². The first kappa shape index (κ1) is 36.8. The second kappa shape index (κ2) is 15.8. The van der Waals surface area contributed by atoms with Crippen LogP contribution in [-0.2, 0) is 16.8 Å². The SMILES string of the molecule is O=C(O)CCCCCOc1ccc(CC(NC(=O)NCC(F)(F)F)(c2ccc(F)cc2)c2cc(F)cc(OC(F)(F)C(F)F)c2)cc1. The highest BCUT2D eigenvalue weighted by molar-refractivity contribution is 5.76. The Balaban J connectivity index is 2.05. The van der Waals surface area contributed by atoms with E-state index in [1.54, 1.807) is 5.32 Å². The lowest BCUT2D eigenvalue weighted by molar-refractivity contribution is -0.253. The number of carbonyl (C=O) groups excluding carboxylic acids is 1. The van der Waals surface area contributed by atoms with Crippen molar-refractivity contribution in [1.82, 2.24) is 10.6 Å². The van der Waals surface area contributed by atoms with Gasteiger partial charge in [0.25, 0.3) is 0 Å². The smallest absolute Gasteiger partial charge is 0.461 e. The van der Waals surface area contributed by atoms with Gasteiger partial charge in [-0.15, -0.1) is 0 Å². The van der Waals surface area contributed by atoms with Gasteiger partial charge in [-0.25, -0.2) is 13.6 Å². The van der Waals surface area contributed by atoms with Crippen molar-refractivity contribution >= 4 is 12.0 Å². The molecule has 0 aliphatic heterocycles. The topological polar surface area (TPSA) is 96.9 Å². The van der Waals surface area contributed by atoms with Crippen LogP contribution in [0.4, 0.5) is 44.3 Å². The molecule has 0 aromatic heterocycles. The van der Waals surface area contributed by atoms with Gasteiger partial charge in [0.1, 0.15) is 29.7 Å². The number of ether oxygens (including phenoxy) is 2. The minimum atomic E-state index is -5.06. The molecule has 1 atom stereocenters. The Morgan fingerprint density at radius 3 is 2.04 bits per heavy atom. The molecule has 0 aliphatic rings. The maximum atomic E-state index is 14.9. The van der Waals surface area contributed by atoms with Gasteiger partial charge in [-0.2, -0.15) is 30.7 Å². The number of carboxylic acid groups (broad SMARTS) is 1. The van der Waals surface area contributed by atoms with Gasteiger partial charge in [-0.05, 0) is 72.4 Å². The Labute approximate surface area is 262 Å². The van der Waals surface area contributed by atoms with E-state index in [2.05, 4.69) is 10.1 Å². The highest BCUT2D eigenvalue weighted by Gasteiger charge is 2.45. The summed E-state index contributed by atoms with van der Waals surface area (Å²) in [6, 6.07) is 10.4. The van der Waals surface area contributed by atoms with Crippen molar-refractivity contribution in [2.45, 2.75) is 56.4 Å². The summed E-state index contributed by atoms with van der Waals surface area (Å²) in [5.74, 6) is -3.71. The number of rotatable bonds is 16. The Kier molecular flexibility index (Phi) is 12.4. The van der Waals surface area contributed by atoms with Gasteiger partial charge >= 0.3 is 30.7 Å². The average Bonchev–Trinajstić information content (AvgIpc) is 2.97. The first-order valence-electron chi connectivity index (χ1n) is 14.0. The van der Waals surface area contributed by atoms with E-state index >= 15 is 0 Å². The Morgan fingerprint density at radius 2 is 1.45 bits per heavy atom. The summed E-state index contributed by atoms with van der Waals surface area (Å²) in [6.45, 7) is -1.55. The van der Waals surface area contributed by atoms with Crippen LogP contribution in [0.2, 0.25) is 0 Å². The molecule has 0 saturated heterocycles. The highest BCUT2D eigenvalue weighted by Crippen LogP contribution is 2.38. The van der Waals surface area contributed by atoms with Crippen LogP contribution in [0, 0.1) is 11.6 Å². The predicted molar refractivity (Wildman–Crippen MR) is 149 cm³/mol. The molecule has 0 spiro atoms. The maximum Gasteiger partial charge on any atom is 0.461 e. The van der Waals surface area contributed by atoms with Gasteiger partial charge in [0.2, 0.25) is 0 Å². The fraction of sp³-hybridized carbons (Fsp3) is 0.355. The van der Waals surface area contributed by atoms with E-state index in [4.69, 9.17) is 9.84 Å². The monoisotopic (exact) mass is 680 g/mol. The van der Waals surface area contributed by atoms with Crippen molar-refractivity contribution in [2.75, 3.05) is 13.2 Å². The number of unbranched alkanes of at least 4 members (excludes halogenated alkanes) is 2. The van der Waals surface area contributed by atoms with Crippen molar-refractivity contribution in [1.29, 1.82) is 0 Å². The fourth-order valence-corrected chi connectivity index (χ4v) is 4.54. The van der Waals surface area contributed by atoms with Crippen molar-refractivity contribution < 1.29 is 63.7 Å². The second-order valence-corrected chi connectivity index (χ2v) is 10.3. The molecular weight excluding hydrogens is 651 g/mol. The standard InChI is InChI=1S/C31H29F9N2O5/c32-22-9-7-20(8-10-22)29(42-28(45)41-18-30(36,37)38,21-14-23(33)16-25(15-21)47-31(39,40)27(34)35)17-19-5-11-24(12-6-19)46-13-3-1-2-4-26(43)44/h5-12,14-16,27H,1-4,13,17-18H2,(H,43,44)(H2,41,42,45). The molecule has 0 aliphatic carbocycles. The lowest BCUT2D eigenvalue weighted by Gasteiger charge is -2.37. The van der Waals surface area contributed by atoms with E-state index in [0.717, 1.165) is 30.3 Å². The molecule has 0 fully saturated rings. The van der Waals surface area contributed by atoms with E-state index in [0.29, 0.717) is 42.7 Å². The van der Waals surface area contributed by atoms with E-state index in [9.17, 15) is 49.1 Å². The van der Waals surface area contributed by atoms with E-state index < -0.39 is 72.2 Å². The molecule has 0 bridgehead atoms. The number of aliphatic carboxylic acids is 1. The third-order valence-corrected chi connectivity index (χ3v) is 6.68. The normalized spacial score (nSPS) is 13.1. The first-order valence-corrected chi connectivity index (χ1v) is 14.0. The number of nitrogens with one attached hydrogen (secondary N) is 2. The zero-order valence-corrected chi connectivity index (χ0v) is 24.4. The second-order valence-electron chi connectivity index (χ2n) is 10.3. The number of halogens is 9. The number of alkyl halides is 7. The van der Waals surface area contributed by atoms with Crippen LogP contribution in [0.1, 0.15) is 42.4 Å². The molecule has 0 radical (unpaired) electrons. The molecule has 47 heavy (non-hydrogen) atoms. The molecule has 0 saturated carbocycles. The van der Waals surface area contributed by atoms with Crippen molar-refractivity contribution in [3.05, 3.63) is 95.1 Å².